The zero-order valence-corrected chi connectivity index (χ0v) is 19.7. The highest BCUT2D eigenvalue weighted by molar-refractivity contribution is 7.89. The topological polar surface area (TPSA) is 121 Å². The molecule has 0 spiro atoms. The first-order chi connectivity index (χ1) is 15.4. The van der Waals surface area contributed by atoms with Crippen molar-refractivity contribution < 1.29 is 27.4 Å². The van der Waals surface area contributed by atoms with Crippen LogP contribution in [-0.4, -0.2) is 43.7 Å². The van der Waals surface area contributed by atoms with E-state index in [9.17, 15) is 22.7 Å². The molecule has 9 nitrogen and oxygen atoms in total. The molecule has 0 unspecified atom stereocenters. The van der Waals surface area contributed by atoms with E-state index in [4.69, 9.17) is 4.74 Å². The average Bonchev–Trinajstić information content (AvgIpc) is 3.18. The van der Waals surface area contributed by atoms with E-state index >= 15 is 0 Å². The largest absolute Gasteiger partial charge is 0.445 e. The maximum absolute atomic E-state index is 13.3. The van der Waals surface area contributed by atoms with Gasteiger partial charge in [-0.25, -0.2) is 27.3 Å². The molecule has 3 aromatic rings. The van der Waals surface area contributed by atoms with Crippen molar-refractivity contribution in [2.45, 2.75) is 24.3 Å². The number of hydrogen-bond donors (Lipinski definition) is 3. The van der Waals surface area contributed by atoms with E-state index in [-0.39, 0.29) is 16.6 Å². The number of hydrogen-bond acceptors (Lipinski definition) is 7. The van der Waals surface area contributed by atoms with E-state index in [1.54, 1.807) is 12.1 Å². The third kappa shape index (κ3) is 6.96. The standard InChI is InChI=1S/C21H23FN4O5S2/c1-21(2,28)13-24-33(29,30)17-9-5-7-15(11-17)26(3)20(27)25-19-23-12-18(32-19)31-16-8-4-6-14(22)10-16/h4-12,24,28H,13H2,1-3H3,(H,23,25,27). The van der Waals surface area contributed by atoms with E-state index in [0.717, 1.165) is 11.3 Å². The number of thiazole rings is 1. The predicted octanol–water partition coefficient (Wildman–Crippen LogP) is 3.79. The summed E-state index contributed by atoms with van der Waals surface area (Å²) in [4.78, 5) is 17.9. The molecule has 3 rings (SSSR count). The van der Waals surface area contributed by atoms with Gasteiger partial charge in [0.25, 0.3) is 0 Å². The van der Waals surface area contributed by atoms with E-state index in [1.807, 2.05) is 0 Å². The number of nitrogens with zero attached hydrogens (tertiary/aromatic N) is 2. The lowest BCUT2D eigenvalue weighted by molar-refractivity contribution is 0.0857. The van der Waals surface area contributed by atoms with Gasteiger partial charge in [-0.15, -0.1) is 0 Å². The molecule has 3 N–H and O–H groups in total. The molecule has 0 radical (unpaired) electrons. The molecular weight excluding hydrogens is 471 g/mol. The van der Waals surface area contributed by atoms with Gasteiger partial charge in [0, 0.05) is 25.3 Å². The van der Waals surface area contributed by atoms with Gasteiger partial charge in [0.05, 0.1) is 16.7 Å². The summed E-state index contributed by atoms with van der Waals surface area (Å²) in [5.74, 6) is -0.142. The zero-order chi connectivity index (χ0) is 24.2. The van der Waals surface area contributed by atoms with Gasteiger partial charge in [-0.1, -0.05) is 23.5 Å². The highest BCUT2D eigenvalue weighted by Gasteiger charge is 2.21. The van der Waals surface area contributed by atoms with Gasteiger partial charge >= 0.3 is 6.03 Å². The van der Waals surface area contributed by atoms with Crippen LogP contribution < -0.4 is 19.7 Å². The Balaban J connectivity index is 1.67. The summed E-state index contributed by atoms with van der Waals surface area (Å²) in [7, 11) is -2.41. The van der Waals surface area contributed by atoms with Crippen molar-refractivity contribution in [2.24, 2.45) is 0 Å². The summed E-state index contributed by atoms with van der Waals surface area (Å²) in [6.45, 7) is 2.80. The van der Waals surface area contributed by atoms with Crippen LogP contribution in [0.5, 0.6) is 10.8 Å². The number of ether oxygens (including phenoxy) is 1. The number of anilines is 2. The summed E-state index contributed by atoms with van der Waals surface area (Å²) in [5.41, 5.74) is -0.891. The summed E-state index contributed by atoms with van der Waals surface area (Å²) in [6, 6.07) is 10.9. The van der Waals surface area contributed by atoms with Crippen LogP contribution in [0.4, 0.5) is 20.0 Å². The molecule has 0 aliphatic rings. The minimum absolute atomic E-state index is 0.0519. The summed E-state index contributed by atoms with van der Waals surface area (Å²) in [6.07, 6.45) is 1.40. The van der Waals surface area contributed by atoms with Crippen LogP contribution in [0.3, 0.4) is 0 Å². The number of sulfonamides is 1. The van der Waals surface area contributed by atoms with Crippen LogP contribution >= 0.6 is 11.3 Å². The Hall–Kier alpha value is -3.06. The van der Waals surface area contributed by atoms with Crippen LogP contribution in [0, 0.1) is 5.82 Å². The monoisotopic (exact) mass is 494 g/mol. The molecule has 0 aliphatic heterocycles. The van der Waals surface area contributed by atoms with E-state index in [1.165, 1.54) is 68.4 Å². The van der Waals surface area contributed by atoms with Crippen molar-refractivity contribution in [3.05, 3.63) is 60.5 Å². The Bertz CT molecular complexity index is 1240. The smallest absolute Gasteiger partial charge is 0.327 e. The predicted molar refractivity (Wildman–Crippen MR) is 124 cm³/mol. The number of aromatic nitrogens is 1. The second kappa shape index (κ2) is 9.83. The maximum Gasteiger partial charge on any atom is 0.327 e. The number of urea groups is 1. The Kier molecular flexibility index (Phi) is 7.32. The first-order valence-corrected chi connectivity index (χ1v) is 12.0. The first-order valence-electron chi connectivity index (χ1n) is 9.69. The van der Waals surface area contributed by atoms with Crippen molar-refractivity contribution in [1.29, 1.82) is 0 Å². The molecule has 1 heterocycles. The van der Waals surface area contributed by atoms with Crippen molar-refractivity contribution in [3.8, 4) is 10.8 Å². The fourth-order valence-corrected chi connectivity index (χ4v) is 4.44. The van der Waals surface area contributed by atoms with Crippen LogP contribution in [-0.2, 0) is 10.0 Å². The number of carbonyl (C=O) groups is 1. The Morgan fingerprint density at radius 2 is 1.97 bits per heavy atom. The number of rotatable bonds is 8. The second-order valence-electron chi connectivity index (χ2n) is 7.67. The van der Waals surface area contributed by atoms with Crippen molar-refractivity contribution in [3.63, 3.8) is 0 Å². The number of carbonyl (C=O) groups excluding carboxylic acids is 1. The summed E-state index contributed by atoms with van der Waals surface area (Å²) >= 11 is 1.05. The number of amides is 2. The molecule has 0 aliphatic carbocycles. The van der Waals surface area contributed by atoms with Gasteiger partial charge in [0.15, 0.2) is 5.13 Å². The van der Waals surface area contributed by atoms with E-state index in [2.05, 4.69) is 15.0 Å². The fraction of sp³-hybridized carbons (Fsp3) is 0.238. The Morgan fingerprint density at radius 1 is 1.24 bits per heavy atom. The van der Waals surface area contributed by atoms with Crippen molar-refractivity contribution >= 4 is 38.2 Å². The average molecular weight is 495 g/mol. The first kappa shape index (κ1) is 24.6. The maximum atomic E-state index is 13.3. The highest BCUT2D eigenvalue weighted by Crippen LogP contribution is 2.31. The third-order valence-electron chi connectivity index (χ3n) is 4.23. The quantitative estimate of drug-likeness (QED) is 0.438. The fourth-order valence-electron chi connectivity index (χ4n) is 2.52. The minimum Gasteiger partial charge on any atom is -0.445 e. The number of halogens is 1. The number of aliphatic hydroxyl groups is 1. The minimum atomic E-state index is -3.89. The molecule has 2 aromatic carbocycles. The van der Waals surface area contributed by atoms with Gasteiger partial charge < -0.3 is 9.84 Å². The van der Waals surface area contributed by atoms with Crippen LogP contribution in [0.15, 0.2) is 59.6 Å². The van der Waals surface area contributed by atoms with Gasteiger partial charge in [-0.05, 0) is 44.2 Å². The lowest BCUT2D eigenvalue weighted by Gasteiger charge is -2.20. The molecule has 0 fully saturated rings. The van der Waals surface area contributed by atoms with Gasteiger partial charge in [-0.2, -0.15) is 0 Å². The molecule has 0 bridgehead atoms. The summed E-state index contributed by atoms with van der Waals surface area (Å²) in [5, 5.41) is 13.0. The number of benzene rings is 2. The molecule has 33 heavy (non-hydrogen) atoms. The highest BCUT2D eigenvalue weighted by atomic mass is 32.2. The van der Waals surface area contributed by atoms with Crippen LogP contribution in [0.1, 0.15) is 13.8 Å². The molecule has 2 amide bonds. The third-order valence-corrected chi connectivity index (χ3v) is 6.42. The molecule has 1 aromatic heterocycles. The normalized spacial score (nSPS) is 11.8. The lowest BCUT2D eigenvalue weighted by Crippen LogP contribution is -2.38. The van der Waals surface area contributed by atoms with Gasteiger partial charge in [0.1, 0.15) is 11.6 Å². The molecular formula is C21H23FN4O5S2. The molecule has 12 heteroatoms. The van der Waals surface area contributed by atoms with E-state index < -0.39 is 27.5 Å². The molecule has 0 saturated carbocycles. The zero-order valence-electron chi connectivity index (χ0n) is 18.1. The second-order valence-corrected chi connectivity index (χ2v) is 10.4. The molecule has 0 saturated heterocycles. The van der Waals surface area contributed by atoms with Gasteiger partial charge in [0.2, 0.25) is 15.1 Å². The lowest BCUT2D eigenvalue weighted by atomic mass is 10.1. The van der Waals surface area contributed by atoms with Crippen molar-refractivity contribution in [2.75, 3.05) is 23.8 Å². The SMILES string of the molecule is CN(C(=O)Nc1ncc(Oc2cccc(F)c2)s1)c1cccc(S(=O)(=O)NCC(C)(C)O)c1. The van der Waals surface area contributed by atoms with Crippen LogP contribution in [0.2, 0.25) is 0 Å². The summed E-state index contributed by atoms with van der Waals surface area (Å²) < 4.78 is 46.2. The molecule has 0 atom stereocenters. The van der Waals surface area contributed by atoms with Crippen molar-refractivity contribution in [1.82, 2.24) is 9.71 Å². The van der Waals surface area contributed by atoms with Gasteiger partial charge in [-0.3, -0.25) is 10.2 Å². The number of nitrogens with one attached hydrogen (secondary N) is 2. The van der Waals surface area contributed by atoms with Crippen LogP contribution in [0.25, 0.3) is 0 Å². The van der Waals surface area contributed by atoms with E-state index in [0.29, 0.717) is 16.5 Å². The molecule has 176 valence electrons. The Labute approximate surface area is 194 Å². The Morgan fingerprint density at radius 3 is 2.67 bits per heavy atom.